The monoisotopic (exact) mass is 579 g/mol. The molecule has 1 atom stereocenters. The van der Waals surface area contributed by atoms with E-state index in [-0.39, 0.29) is 12.6 Å². The van der Waals surface area contributed by atoms with Gasteiger partial charge >= 0.3 is 5.97 Å². The van der Waals surface area contributed by atoms with Gasteiger partial charge in [-0.1, -0.05) is 154 Å². The highest BCUT2D eigenvalue weighted by Gasteiger charge is 2.13. The maximum Gasteiger partial charge on any atom is 0.306 e. The molecular formula is C37H70O4. The number of esters is 1. The maximum atomic E-state index is 12.1. The molecule has 242 valence electrons. The summed E-state index contributed by atoms with van der Waals surface area (Å²) in [6, 6.07) is 0. The predicted molar refractivity (Wildman–Crippen MR) is 177 cm³/mol. The molecule has 4 nitrogen and oxygen atoms in total. The van der Waals surface area contributed by atoms with Crippen LogP contribution in [0.5, 0.6) is 0 Å². The zero-order valence-corrected chi connectivity index (χ0v) is 27.6. The normalized spacial score (nSPS) is 12.6. The topological polar surface area (TPSA) is 55.8 Å². The first-order valence-electron chi connectivity index (χ1n) is 17.9. The Labute approximate surface area is 256 Å². The quantitative estimate of drug-likeness (QED) is 0.0478. The summed E-state index contributed by atoms with van der Waals surface area (Å²) in [5.74, 6) is -0.206. The van der Waals surface area contributed by atoms with Gasteiger partial charge in [0, 0.05) is 13.0 Å². The van der Waals surface area contributed by atoms with E-state index in [9.17, 15) is 9.90 Å². The molecule has 1 unspecified atom stereocenters. The minimum absolute atomic E-state index is 0.171. The van der Waals surface area contributed by atoms with Gasteiger partial charge < -0.3 is 14.6 Å². The molecule has 0 saturated carbocycles. The lowest BCUT2D eigenvalue weighted by atomic mass is 10.1. The van der Waals surface area contributed by atoms with E-state index in [1.54, 1.807) is 0 Å². The third kappa shape index (κ3) is 33.2. The van der Waals surface area contributed by atoms with E-state index < -0.39 is 6.10 Å². The first kappa shape index (κ1) is 39.9. The Kier molecular flexibility index (Phi) is 34.1. The van der Waals surface area contributed by atoms with E-state index >= 15 is 0 Å². The largest absolute Gasteiger partial charge is 0.457 e. The molecule has 4 heteroatoms. The van der Waals surface area contributed by atoms with Crippen molar-refractivity contribution in [1.29, 1.82) is 0 Å². The summed E-state index contributed by atoms with van der Waals surface area (Å²) in [7, 11) is 0. The number of carbonyl (C=O) groups is 1. The minimum atomic E-state index is -0.529. The fourth-order valence-corrected chi connectivity index (χ4v) is 5.06. The van der Waals surface area contributed by atoms with Crippen molar-refractivity contribution < 1.29 is 19.4 Å². The number of allylic oxidation sites excluding steroid dienone is 4. The number of aliphatic hydroxyl groups is 1. The first-order valence-corrected chi connectivity index (χ1v) is 17.9. The van der Waals surface area contributed by atoms with Crippen molar-refractivity contribution in [2.75, 3.05) is 19.8 Å². The van der Waals surface area contributed by atoms with Gasteiger partial charge in [-0.2, -0.15) is 0 Å². The summed E-state index contributed by atoms with van der Waals surface area (Å²) < 4.78 is 11.0. The van der Waals surface area contributed by atoms with E-state index in [1.807, 2.05) is 0 Å². The fraction of sp³-hybridized carbons (Fsp3) is 0.865. The van der Waals surface area contributed by atoms with Crippen molar-refractivity contribution in [2.24, 2.45) is 0 Å². The van der Waals surface area contributed by atoms with Gasteiger partial charge in [-0.05, 0) is 44.9 Å². The van der Waals surface area contributed by atoms with Crippen LogP contribution in [0.1, 0.15) is 181 Å². The first-order chi connectivity index (χ1) is 20.2. The van der Waals surface area contributed by atoms with E-state index in [0.29, 0.717) is 19.6 Å². The molecule has 0 heterocycles. The summed E-state index contributed by atoms with van der Waals surface area (Å²) >= 11 is 0. The third-order valence-corrected chi connectivity index (χ3v) is 7.78. The summed E-state index contributed by atoms with van der Waals surface area (Å²) in [5, 5.41) is 9.50. The van der Waals surface area contributed by atoms with Gasteiger partial charge in [-0.3, -0.25) is 4.79 Å². The van der Waals surface area contributed by atoms with E-state index in [2.05, 4.69) is 38.2 Å². The van der Waals surface area contributed by atoms with Gasteiger partial charge in [0.05, 0.1) is 13.2 Å². The molecule has 0 aromatic carbocycles. The molecule has 41 heavy (non-hydrogen) atoms. The molecule has 0 radical (unpaired) electrons. The maximum absolute atomic E-state index is 12.1. The number of ether oxygens (including phenoxy) is 2. The molecule has 0 aromatic heterocycles. The molecule has 0 aliphatic rings. The van der Waals surface area contributed by atoms with Crippen molar-refractivity contribution in [1.82, 2.24) is 0 Å². The number of hydrogen-bond donors (Lipinski definition) is 1. The van der Waals surface area contributed by atoms with Gasteiger partial charge in [-0.25, -0.2) is 0 Å². The van der Waals surface area contributed by atoms with Gasteiger partial charge in [0.15, 0.2) is 0 Å². The van der Waals surface area contributed by atoms with Crippen molar-refractivity contribution in [3.05, 3.63) is 24.3 Å². The fourth-order valence-electron chi connectivity index (χ4n) is 5.06. The zero-order chi connectivity index (χ0) is 29.9. The Hall–Kier alpha value is -1.13. The van der Waals surface area contributed by atoms with Crippen LogP contribution in [0, 0.1) is 0 Å². The lowest BCUT2D eigenvalue weighted by molar-refractivity contribution is -0.154. The minimum Gasteiger partial charge on any atom is -0.457 e. The zero-order valence-electron chi connectivity index (χ0n) is 27.6. The van der Waals surface area contributed by atoms with Crippen LogP contribution in [0.15, 0.2) is 24.3 Å². The Bertz CT molecular complexity index is 571. The van der Waals surface area contributed by atoms with Gasteiger partial charge in [0.1, 0.15) is 6.10 Å². The summed E-state index contributed by atoms with van der Waals surface area (Å²) in [6.45, 7) is 5.32. The molecule has 0 spiro atoms. The van der Waals surface area contributed by atoms with Crippen molar-refractivity contribution in [3.8, 4) is 0 Å². The van der Waals surface area contributed by atoms with Crippen LogP contribution in [0.3, 0.4) is 0 Å². The number of unbranched alkanes of at least 4 members (excludes halogenated alkanes) is 21. The van der Waals surface area contributed by atoms with Crippen LogP contribution in [-0.2, 0) is 14.3 Å². The summed E-state index contributed by atoms with van der Waals surface area (Å²) in [6.07, 6.45) is 40.7. The lowest BCUT2D eigenvalue weighted by Gasteiger charge is -2.16. The SMILES string of the molecule is CCCCCCC/C=C\C/C=C\CCCCCCCCCCCC(=O)OC(CO)COCCCCCCCCCC. The van der Waals surface area contributed by atoms with Crippen LogP contribution in [0.25, 0.3) is 0 Å². The Balaban J connectivity index is 3.42. The van der Waals surface area contributed by atoms with Crippen LogP contribution < -0.4 is 0 Å². The average molecular weight is 579 g/mol. The van der Waals surface area contributed by atoms with E-state index in [0.717, 1.165) is 25.7 Å². The summed E-state index contributed by atoms with van der Waals surface area (Å²) in [4.78, 5) is 12.1. The van der Waals surface area contributed by atoms with Crippen molar-refractivity contribution in [3.63, 3.8) is 0 Å². The second kappa shape index (κ2) is 35.1. The molecule has 0 bridgehead atoms. The molecule has 0 rings (SSSR count). The van der Waals surface area contributed by atoms with Crippen molar-refractivity contribution >= 4 is 5.97 Å². The lowest BCUT2D eigenvalue weighted by Crippen LogP contribution is -2.27. The third-order valence-electron chi connectivity index (χ3n) is 7.78. The predicted octanol–water partition coefficient (Wildman–Crippen LogP) is 11.2. The molecule has 0 amide bonds. The molecule has 0 aromatic rings. The molecular weight excluding hydrogens is 508 g/mol. The Morgan fingerprint density at radius 3 is 1.51 bits per heavy atom. The van der Waals surface area contributed by atoms with Crippen LogP contribution >= 0.6 is 0 Å². The van der Waals surface area contributed by atoms with E-state index in [4.69, 9.17) is 9.47 Å². The van der Waals surface area contributed by atoms with Crippen LogP contribution in [-0.4, -0.2) is 37.0 Å². The second-order valence-electron chi connectivity index (χ2n) is 11.9. The molecule has 0 saturated heterocycles. The Morgan fingerprint density at radius 2 is 1.02 bits per heavy atom. The molecule has 0 fully saturated rings. The molecule has 0 aliphatic heterocycles. The number of carbonyl (C=O) groups excluding carboxylic acids is 1. The average Bonchev–Trinajstić information content (AvgIpc) is 2.98. The highest BCUT2D eigenvalue weighted by atomic mass is 16.6. The number of hydrogen-bond acceptors (Lipinski definition) is 4. The van der Waals surface area contributed by atoms with Gasteiger partial charge in [-0.15, -0.1) is 0 Å². The second-order valence-corrected chi connectivity index (χ2v) is 11.9. The highest BCUT2D eigenvalue weighted by molar-refractivity contribution is 5.69. The molecule has 1 N–H and O–H groups in total. The van der Waals surface area contributed by atoms with Gasteiger partial charge in [0.2, 0.25) is 0 Å². The smallest absolute Gasteiger partial charge is 0.306 e. The molecule has 0 aliphatic carbocycles. The van der Waals surface area contributed by atoms with Crippen molar-refractivity contribution in [2.45, 2.75) is 187 Å². The standard InChI is InChI=1S/C37H70O4/c1-3-5-7-9-11-13-14-15-16-17-18-19-20-21-22-23-24-25-26-28-30-32-37(39)41-36(34-38)35-40-33-31-29-27-12-10-8-6-4-2/h14-15,17-18,36,38H,3-13,16,19-35H2,1-2H3/b15-14-,18-17-. The van der Waals surface area contributed by atoms with Gasteiger partial charge in [0.25, 0.3) is 0 Å². The van der Waals surface area contributed by atoms with Crippen LogP contribution in [0.2, 0.25) is 0 Å². The van der Waals surface area contributed by atoms with Crippen LogP contribution in [0.4, 0.5) is 0 Å². The Morgan fingerprint density at radius 1 is 0.585 bits per heavy atom. The summed E-state index contributed by atoms with van der Waals surface area (Å²) in [5.41, 5.74) is 0. The number of aliphatic hydroxyl groups excluding tert-OH is 1. The number of rotatable bonds is 33. The highest BCUT2D eigenvalue weighted by Crippen LogP contribution is 2.13. The van der Waals surface area contributed by atoms with E-state index in [1.165, 1.54) is 135 Å².